The van der Waals surface area contributed by atoms with Crippen molar-refractivity contribution in [2.75, 3.05) is 0 Å². The normalized spacial score (nSPS) is 11.7. The molecule has 30 heavy (non-hydrogen) atoms. The lowest BCUT2D eigenvalue weighted by Crippen LogP contribution is -1.77. The fourth-order valence-corrected chi connectivity index (χ4v) is 6.95. The van der Waals surface area contributed by atoms with Crippen molar-refractivity contribution in [1.82, 2.24) is 0 Å². The largest absolute Gasteiger partial charge is 0.143 e. The van der Waals surface area contributed by atoms with E-state index in [1.807, 2.05) is 46.9 Å². The lowest BCUT2D eigenvalue weighted by molar-refractivity contribution is 1.47. The van der Waals surface area contributed by atoms with Gasteiger partial charge in [0.05, 0.1) is 9.40 Å². The monoisotopic (exact) mass is 456 g/mol. The Morgan fingerprint density at radius 3 is 1.20 bits per heavy atom. The molecule has 0 aliphatic carbocycles. The molecular formula is C26H16S4. The minimum absolute atomic E-state index is 0.990. The van der Waals surface area contributed by atoms with Crippen LogP contribution in [0.15, 0.2) is 94.7 Å². The smallest absolute Gasteiger partial charge is 0.0542 e. The molecule has 0 aliphatic rings. The Bertz CT molecular complexity index is 1420. The van der Waals surface area contributed by atoms with Crippen molar-refractivity contribution in [2.45, 2.75) is 9.79 Å². The highest BCUT2D eigenvalue weighted by molar-refractivity contribution is 7.80. The Hall–Kier alpha value is -2.24. The first-order valence-electron chi connectivity index (χ1n) is 9.63. The predicted octanol–water partition coefficient (Wildman–Crippen LogP) is 9.18. The van der Waals surface area contributed by atoms with E-state index in [4.69, 9.17) is 0 Å². The molecule has 0 nitrogen and oxygen atoms in total. The van der Waals surface area contributed by atoms with Gasteiger partial charge >= 0.3 is 0 Å². The van der Waals surface area contributed by atoms with E-state index in [0.717, 1.165) is 9.79 Å². The number of benzene rings is 4. The number of fused-ring (bicyclic) bond motifs is 5. The summed E-state index contributed by atoms with van der Waals surface area (Å²) in [5.41, 5.74) is 4.97. The summed E-state index contributed by atoms with van der Waals surface area (Å²) in [4.78, 5) is 1.98. The first kappa shape index (κ1) is 18.5. The fraction of sp³-hybridized carbons (Fsp3) is 0. The Morgan fingerprint density at radius 2 is 0.800 bits per heavy atom. The number of hydrogen-bond acceptors (Lipinski definition) is 4. The van der Waals surface area contributed by atoms with Gasteiger partial charge in [-0.3, -0.25) is 0 Å². The molecule has 144 valence electrons. The number of rotatable bonds is 2. The van der Waals surface area contributed by atoms with E-state index in [-0.39, 0.29) is 0 Å². The highest BCUT2D eigenvalue weighted by Gasteiger charge is 2.13. The standard InChI is InChI=1S/C26H16S4/c27-19-7-1-15(2-8-19)17-5-11-21-23(13-17)29-26-22-12-6-18(14-24(22)30-25(21)26)16-3-9-20(28)10-4-16/h1-14,27-28H. The zero-order valence-electron chi connectivity index (χ0n) is 15.8. The molecule has 0 fully saturated rings. The summed E-state index contributed by atoms with van der Waals surface area (Å²) in [6.07, 6.45) is 0. The van der Waals surface area contributed by atoms with Gasteiger partial charge in [0, 0.05) is 30.0 Å². The lowest BCUT2D eigenvalue weighted by Gasteiger charge is -2.03. The van der Waals surface area contributed by atoms with Gasteiger partial charge in [-0.25, -0.2) is 0 Å². The lowest BCUT2D eigenvalue weighted by atomic mass is 10.0. The van der Waals surface area contributed by atoms with Gasteiger partial charge in [-0.1, -0.05) is 48.5 Å². The quantitative estimate of drug-likeness (QED) is 0.238. The van der Waals surface area contributed by atoms with Crippen molar-refractivity contribution in [3.05, 3.63) is 84.9 Å². The molecule has 6 rings (SSSR count). The number of thiophene rings is 2. The topological polar surface area (TPSA) is 0 Å². The molecule has 0 N–H and O–H groups in total. The molecular weight excluding hydrogens is 441 g/mol. The summed E-state index contributed by atoms with van der Waals surface area (Å²) in [7, 11) is 0. The van der Waals surface area contributed by atoms with Gasteiger partial charge in [-0.15, -0.1) is 47.9 Å². The molecule has 0 bridgehead atoms. The van der Waals surface area contributed by atoms with Crippen molar-refractivity contribution in [1.29, 1.82) is 0 Å². The van der Waals surface area contributed by atoms with E-state index < -0.39 is 0 Å². The third-order valence-corrected chi connectivity index (χ3v) is 8.58. The predicted molar refractivity (Wildman–Crippen MR) is 140 cm³/mol. The zero-order chi connectivity index (χ0) is 20.2. The Morgan fingerprint density at radius 1 is 0.433 bits per heavy atom. The van der Waals surface area contributed by atoms with E-state index >= 15 is 0 Å². The Labute approximate surface area is 193 Å². The minimum atomic E-state index is 0.990. The van der Waals surface area contributed by atoms with Crippen LogP contribution < -0.4 is 0 Å². The van der Waals surface area contributed by atoms with E-state index in [0.29, 0.717) is 0 Å². The van der Waals surface area contributed by atoms with Crippen molar-refractivity contribution < 1.29 is 0 Å². The second kappa shape index (κ2) is 7.17. The summed E-state index contributed by atoms with van der Waals surface area (Å²) < 4.78 is 5.48. The van der Waals surface area contributed by atoms with Crippen LogP contribution in [0.2, 0.25) is 0 Å². The van der Waals surface area contributed by atoms with Crippen molar-refractivity contribution in [2.24, 2.45) is 0 Å². The first-order chi connectivity index (χ1) is 14.7. The van der Waals surface area contributed by atoms with Crippen LogP contribution >= 0.6 is 47.9 Å². The molecule has 6 aromatic rings. The molecule has 2 aromatic heterocycles. The minimum Gasteiger partial charge on any atom is -0.143 e. The molecule has 4 aromatic carbocycles. The number of thiol groups is 2. The molecule has 0 atom stereocenters. The summed E-state index contributed by atoms with van der Waals surface area (Å²) in [5, 5.41) is 2.71. The van der Waals surface area contributed by atoms with Crippen LogP contribution in [0.1, 0.15) is 0 Å². The fourth-order valence-electron chi connectivity index (χ4n) is 3.92. The van der Waals surface area contributed by atoms with Crippen LogP contribution in [-0.4, -0.2) is 0 Å². The van der Waals surface area contributed by atoms with Crippen LogP contribution in [0.5, 0.6) is 0 Å². The van der Waals surface area contributed by atoms with Crippen LogP contribution in [0.25, 0.3) is 51.8 Å². The molecule has 0 aliphatic heterocycles. The van der Waals surface area contributed by atoms with Gasteiger partial charge < -0.3 is 0 Å². The van der Waals surface area contributed by atoms with Gasteiger partial charge in [-0.05, 0) is 58.7 Å². The first-order valence-corrected chi connectivity index (χ1v) is 12.2. The maximum atomic E-state index is 4.40. The third-order valence-electron chi connectivity index (χ3n) is 5.48. The molecule has 0 unspecified atom stereocenters. The molecule has 0 radical (unpaired) electrons. The maximum absolute atomic E-state index is 4.40. The molecule has 0 saturated heterocycles. The third kappa shape index (κ3) is 3.07. The maximum Gasteiger partial charge on any atom is 0.0542 e. The highest BCUT2D eigenvalue weighted by atomic mass is 32.1. The molecule has 0 saturated carbocycles. The van der Waals surface area contributed by atoms with Crippen LogP contribution in [0, 0.1) is 0 Å². The molecule has 0 spiro atoms. The SMILES string of the molecule is Sc1ccc(-c2ccc3c(c2)sc2c4ccc(-c5ccc(S)cc5)cc4sc32)cc1. The van der Waals surface area contributed by atoms with Crippen LogP contribution in [-0.2, 0) is 0 Å². The van der Waals surface area contributed by atoms with Gasteiger partial charge in [0.25, 0.3) is 0 Å². The average molecular weight is 457 g/mol. The van der Waals surface area contributed by atoms with Crippen LogP contribution in [0.3, 0.4) is 0 Å². The summed E-state index contributed by atoms with van der Waals surface area (Å²) in [6, 6.07) is 30.4. The molecule has 4 heteroatoms. The van der Waals surface area contributed by atoms with Gasteiger partial charge in [0.15, 0.2) is 0 Å². The van der Waals surface area contributed by atoms with E-state index in [1.54, 1.807) is 0 Å². The summed E-state index contributed by atoms with van der Waals surface area (Å²) >= 11 is 12.6. The summed E-state index contributed by atoms with van der Waals surface area (Å²) in [6.45, 7) is 0. The molecule has 2 heterocycles. The van der Waals surface area contributed by atoms with Gasteiger partial charge in [-0.2, -0.15) is 0 Å². The second-order valence-electron chi connectivity index (χ2n) is 7.38. The van der Waals surface area contributed by atoms with E-state index in [9.17, 15) is 0 Å². The zero-order valence-corrected chi connectivity index (χ0v) is 19.2. The molecule has 0 amide bonds. The average Bonchev–Trinajstić information content (AvgIpc) is 3.29. The highest BCUT2D eigenvalue weighted by Crippen LogP contribution is 2.45. The Balaban J connectivity index is 1.48. The van der Waals surface area contributed by atoms with E-state index in [2.05, 4.69) is 85.9 Å². The second-order valence-corrected chi connectivity index (χ2v) is 10.5. The Kier molecular flexibility index (Phi) is 4.43. The van der Waals surface area contributed by atoms with Gasteiger partial charge in [0.1, 0.15) is 0 Å². The van der Waals surface area contributed by atoms with Crippen LogP contribution in [0.4, 0.5) is 0 Å². The van der Waals surface area contributed by atoms with E-state index in [1.165, 1.54) is 51.8 Å². The van der Waals surface area contributed by atoms with Crippen molar-refractivity contribution >= 4 is 77.5 Å². The summed E-state index contributed by atoms with van der Waals surface area (Å²) in [5.74, 6) is 0. The number of hydrogen-bond donors (Lipinski definition) is 2. The van der Waals surface area contributed by atoms with Crippen molar-refractivity contribution in [3.8, 4) is 22.3 Å². The van der Waals surface area contributed by atoms with Crippen molar-refractivity contribution in [3.63, 3.8) is 0 Å². The van der Waals surface area contributed by atoms with Gasteiger partial charge in [0.2, 0.25) is 0 Å².